The van der Waals surface area contributed by atoms with E-state index in [0.717, 1.165) is 5.56 Å². The van der Waals surface area contributed by atoms with E-state index in [-0.39, 0.29) is 21.8 Å². The number of hydrogen-bond donors (Lipinski definition) is 3. The quantitative estimate of drug-likeness (QED) is 0.396. The van der Waals surface area contributed by atoms with Crippen LogP contribution in [0.5, 0.6) is 0 Å². The molecule has 0 saturated heterocycles. The molecule has 0 spiro atoms. The fraction of sp³-hybridized carbons (Fsp3) is 0.167. The number of H-pyrrole nitrogens is 1. The number of pyridine rings is 1. The van der Waals surface area contributed by atoms with E-state index in [2.05, 4.69) is 35.5 Å². The molecular formula is C24H23N3O4S. The number of aromatic carboxylic acids is 1. The van der Waals surface area contributed by atoms with Crippen LogP contribution in [0.15, 0.2) is 71.8 Å². The van der Waals surface area contributed by atoms with Crippen molar-refractivity contribution >= 4 is 32.7 Å². The van der Waals surface area contributed by atoms with E-state index < -0.39 is 16.0 Å². The van der Waals surface area contributed by atoms with Crippen molar-refractivity contribution in [3.63, 3.8) is 0 Å². The molecule has 32 heavy (non-hydrogen) atoms. The minimum Gasteiger partial charge on any atom is -0.477 e. The highest BCUT2D eigenvalue weighted by Gasteiger charge is 2.21. The summed E-state index contributed by atoms with van der Waals surface area (Å²) in [4.78, 5) is 19.0. The molecule has 0 radical (unpaired) electrons. The van der Waals surface area contributed by atoms with E-state index in [9.17, 15) is 18.3 Å². The molecule has 0 unspecified atom stereocenters. The van der Waals surface area contributed by atoms with E-state index >= 15 is 0 Å². The summed E-state index contributed by atoms with van der Waals surface area (Å²) in [6, 6.07) is 17.3. The molecule has 2 heterocycles. The smallest absolute Gasteiger partial charge is 0.352 e. The standard InChI is InChI=1S/C24H23N3O4S/c1-24(2,3)16-9-11-17(12-10-16)32(30,31)27-20-13-18-19(14-25-20)26-22(23(28)29)21(18)15-7-5-4-6-8-15/h4-14,26H,1-3H3,(H,25,27)(H,28,29). The number of aromatic nitrogens is 2. The van der Waals surface area contributed by atoms with Crippen LogP contribution in [0.1, 0.15) is 36.8 Å². The maximum Gasteiger partial charge on any atom is 0.352 e. The van der Waals surface area contributed by atoms with Gasteiger partial charge in [0, 0.05) is 10.9 Å². The van der Waals surface area contributed by atoms with Gasteiger partial charge in [-0.25, -0.2) is 18.2 Å². The third kappa shape index (κ3) is 4.09. The van der Waals surface area contributed by atoms with Crippen molar-refractivity contribution < 1.29 is 18.3 Å². The Hall–Kier alpha value is -3.65. The van der Waals surface area contributed by atoms with E-state index in [1.54, 1.807) is 42.5 Å². The maximum absolute atomic E-state index is 12.9. The van der Waals surface area contributed by atoms with Crippen LogP contribution in [-0.4, -0.2) is 29.5 Å². The molecule has 0 bridgehead atoms. The second-order valence-electron chi connectivity index (χ2n) is 8.54. The Bertz CT molecular complexity index is 1400. The fourth-order valence-electron chi connectivity index (χ4n) is 3.55. The molecular weight excluding hydrogens is 426 g/mol. The van der Waals surface area contributed by atoms with Crippen molar-refractivity contribution in [2.45, 2.75) is 31.1 Å². The Kier molecular flexibility index (Phi) is 5.26. The Morgan fingerprint density at radius 3 is 2.28 bits per heavy atom. The zero-order valence-corrected chi connectivity index (χ0v) is 18.7. The molecule has 7 nitrogen and oxygen atoms in total. The summed E-state index contributed by atoms with van der Waals surface area (Å²) < 4.78 is 28.3. The first-order valence-electron chi connectivity index (χ1n) is 10.00. The average Bonchev–Trinajstić information content (AvgIpc) is 3.13. The topological polar surface area (TPSA) is 112 Å². The Labute approximate surface area is 186 Å². The van der Waals surface area contributed by atoms with Gasteiger partial charge in [-0.2, -0.15) is 0 Å². The van der Waals surface area contributed by atoms with Gasteiger partial charge in [0.25, 0.3) is 10.0 Å². The van der Waals surface area contributed by atoms with Gasteiger partial charge in [0.1, 0.15) is 11.5 Å². The molecule has 0 atom stereocenters. The molecule has 2 aromatic heterocycles. The Morgan fingerprint density at radius 2 is 1.69 bits per heavy atom. The Morgan fingerprint density at radius 1 is 1.03 bits per heavy atom. The lowest BCUT2D eigenvalue weighted by atomic mass is 9.87. The zero-order chi connectivity index (χ0) is 23.1. The van der Waals surface area contributed by atoms with Crippen LogP contribution in [0.2, 0.25) is 0 Å². The monoisotopic (exact) mass is 449 g/mol. The van der Waals surface area contributed by atoms with Gasteiger partial charge in [-0.05, 0) is 34.7 Å². The number of carboxylic acids is 1. The van der Waals surface area contributed by atoms with Crippen molar-refractivity contribution in [3.05, 3.63) is 78.1 Å². The number of rotatable bonds is 5. The minimum absolute atomic E-state index is 0.0192. The molecule has 4 rings (SSSR count). The van der Waals surface area contributed by atoms with Gasteiger partial charge in [-0.15, -0.1) is 0 Å². The van der Waals surface area contributed by atoms with E-state index in [1.165, 1.54) is 6.20 Å². The SMILES string of the molecule is CC(C)(C)c1ccc(S(=O)(=O)Nc2cc3c(-c4ccccc4)c(C(=O)O)[nH]c3cn2)cc1. The number of hydrogen-bond acceptors (Lipinski definition) is 4. The highest BCUT2D eigenvalue weighted by Crippen LogP contribution is 2.34. The molecule has 8 heteroatoms. The van der Waals surface area contributed by atoms with E-state index in [4.69, 9.17) is 0 Å². The third-order valence-electron chi connectivity index (χ3n) is 5.23. The van der Waals surface area contributed by atoms with Crippen LogP contribution in [0.25, 0.3) is 22.0 Å². The number of benzene rings is 2. The van der Waals surface area contributed by atoms with Crippen molar-refractivity contribution in [2.75, 3.05) is 4.72 Å². The van der Waals surface area contributed by atoms with Crippen LogP contribution < -0.4 is 4.72 Å². The van der Waals surface area contributed by atoms with Crippen molar-refractivity contribution in [1.82, 2.24) is 9.97 Å². The van der Waals surface area contributed by atoms with Gasteiger partial charge in [0.15, 0.2) is 0 Å². The van der Waals surface area contributed by atoms with Crippen LogP contribution in [0.3, 0.4) is 0 Å². The van der Waals surface area contributed by atoms with Crippen molar-refractivity contribution in [1.29, 1.82) is 0 Å². The highest BCUT2D eigenvalue weighted by atomic mass is 32.2. The number of carboxylic acid groups (broad SMARTS) is 1. The van der Waals surface area contributed by atoms with Gasteiger partial charge in [-0.1, -0.05) is 63.2 Å². The molecule has 0 aliphatic carbocycles. The van der Waals surface area contributed by atoms with E-state index in [0.29, 0.717) is 22.0 Å². The summed E-state index contributed by atoms with van der Waals surface area (Å²) in [6.07, 6.45) is 1.43. The molecule has 0 amide bonds. The first kappa shape index (κ1) is 21.6. The number of sulfonamides is 1. The number of aromatic amines is 1. The van der Waals surface area contributed by atoms with Crippen molar-refractivity contribution in [3.8, 4) is 11.1 Å². The summed E-state index contributed by atoms with van der Waals surface area (Å²) >= 11 is 0. The number of nitrogens with one attached hydrogen (secondary N) is 2. The fourth-order valence-corrected chi connectivity index (χ4v) is 4.54. The summed E-state index contributed by atoms with van der Waals surface area (Å²) in [7, 11) is -3.87. The molecule has 0 aliphatic rings. The molecule has 0 fully saturated rings. The summed E-state index contributed by atoms with van der Waals surface area (Å²) in [5.74, 6) is -1.01. The van der Waals surface area contributed by atoms with Gasteiger partial charge >= 0.3 is 5.97 Å². The average molecular weight is 450 g/mol. The van der Waals surface area contributed by atoms with Crippen LogP contribution in [-0.2, 0) is 15.4 Å². The molecule has 3 N–H and O–H groups in total. The predicted octanol–water partition coefficient (Wildman–Crippen LogP) is 5.03. The zero-order valence-electron chi connectivity index (χ0n) is 17.9. The minimum atomic E-state index is -3.87. The molecule has 164 valence electrons. The number of nitrogens with zero attached hydrogens (tertiary/aromatic N) is 1. The second kappa shape index (κ2) is 7.80. The molecule has 4 aromatic rings. The second-order valence-corrected chi connectivity index (χ2v) is 10.2. The molecule has 2 aromatic carbocycles. The predicted molar refractivity (Wildman–Crippen MR) is 124 cm³/mol. The van der Waals surface area contributed by atoms with Gasteiger partial charge < -0.3 is 10.1 Å². The maximum atomic E-state index is 12.9. The van der Waals surface area contributed by atoms with Crippen LogP contribution in [0.4, 0.5) is 5.82 Å². The summed E-state index contributed by atoms with van der Waals surface area (Å²) in [5, 5.41) is 10.2. The van der Waals surface area contributed by atoms with Gasteiger partial charge in [-0.3, -0.25) is 4.72 Å². The Balaban J connectivity index is 1.75. The normalized spacial score (nSPS) is 12.1. The largest absolute Gasteiger partial charge is 0.477 e. The molecule has 0 saturated carbocycles. The molecule has 0 aliphatic heterocycles. The van der Waals surface area contributed by atoms with E-state index in [1.807, 2.05) is 18.2 Å². The number of carbonyl (C=O) groups is 1. The summed E-state index contributed by atoms with van der Waals surface area (Å²) in [6.45, 7) is 6.17. The van der Waals surface area contributed by atoms with Crippen LogP contribution in [0, 0.1) is 0 Å². The van der Waals surface area contributed by atoms with Crippen LogP contribution >= 0.6 is 0 Å². The lowest BCUT2D eigenvalue weighted by Gasteiger charge is -2.19. The first-order chi connectivity index (χ1) is 15.1. The first-order valence-corrected chi connectivity index (χ1v) is 11.5. The number of fused-ring (bicyclic) bond motifs is 1. The third-order valence-corrected chi connectivity index (χ3v) is 6.60. The van der Waals surface area contributed by atoms with Gasteiger partial charge in [0.05, 0.1) is 16.6 Å². The number of anilines is 1. The highest BCUT2D eigenvalue weighted by molar-refractivity contribution is 7.92. The summed E-state index contributed by atoms with van der Waals surface area (Å²) in [5.41, 5.74) is 2.63. The lowest BCUT2D eigenvalue weighted by molar-refractivity contribution is 0.0692. The lowest BCUT2D eigenvalue weighted by Crippen LogP contribution is -2.15. The van der Waals surface area contributed by atoms with Gasteiger partial charge in [0.2, 0.25) is 0 Å². The van der Waals surface area contributed by atoms with Crippen molar-refractivity contribution in [2.24, 2.45) is 0 Å².